The van der Waals surface area contributed by atoms with Gasteiger partial charge >= 0.3 is 0 Å². The van der Waals surface area contributed by atoms with E-state index in [1.165, 1.54) is 25.8 Å². The molecule has 3 aliphatic heterocycles. The van der Waals surface area contributed by atoms with E-state index in [1.54, 1.807) is 11.8 Å². The highest BCUT2D eigenvalue weighted by atomic mass is 32.2. The molecule has 3 heterocycles. The van der Waals surface area contributed by atoms with Gasteiger partial charge in [-0.1, -0.05) is 6.92 Å². The SMILES string of the molecule is CC1NC(C)C(C(=O)NC2CCC(C)C(NC3NCCC(C4CCCNC4)N3)C2)S1. The Hall–Kier alpha value is -0.380. The summed E-state index contributed by atoms with van der Waals surface area (Å²) in [6.07, 6.45) is 7.25. The molecule has 172 valence electrons. The van der Waals surface area contributed by atoms with Gasteiger partial charge in [0.2, 0.25) is 5.91 Å². The Kier molecular flexibility index (Phi) is 7.97. The van der Waals surface area contributed by atoms with Crippen molar-refractivity contribution in [3.8, 4) is 0 Å². The van der Waals surface area contributed by atoms with Crippen LogP contribution in [-0.4, -0.2) is 66.6 Å². The van der Waals surface area contributed by atoms with E-state index in [9.17, 15) is 4.79 Å². The number of hydrogen-bond donors (Lipinski definition) is 6. The molecule has 0 radical (unpaired) electrons. The second-order valence-corrected chi connectivity index (χ2v) is 11.5. The fourth-order valence-electron chi connectivity index (χ4n) is 5.75. The highest BCUT2D eigenvalue weighted by Crippen LogP contribution is 2.29. The number of nitrogens with one attached hydrogen (secondary N) is 6. The maximum absolute atomic E-state index is 12.8. The Morgan fingerprint density at radius 1 is 1.03 bits per heavy atom. The molecule has 4 fully saturated rings. The van der Waals surface area contributed by atoms with Crippen LogP contribution in [0.5, 0.6) is 0 Å². The van der Waals surface area contributed by atoms with Crippen molar-refractivity contribution < 1.29 is 4.79 Å². The Morgan fingerprint density at radius 2 is 1.90 bits per heavy atom. The standard InChI is InChI=1S/C22H42N6OS/c1-13-6-7-17(26-21(29)20-14(2)25-15(3)30-20)11-19(13)28-22-24-10-8-18(27-22)16-5-4-9-23-12-16/h13-20,22-25,27-28H,4-12H2,1-3H3,(H,26,29). The molecule has 4 rings (SSSR count). The molecule has 0 aromatic rings. The number of carbonyl (C=O) groups is 1. The Labute approximate surface area is 186 Å². The Balaban J connectivity index is 1.27. The van der Waals surface area contributed by atoms with Crippen molar-refractivity contribution in [1.82, 2.24) is 31.9 Å². The average molecular weight is 439 g/mol. The highest BCUT2D eigenvalue weighted by molar-refractivity contribution is 8.01. The van der Waals surface area contributed by atoms with Gasteiger partial charge in [-0.2, -0.15) is 0 Å². The van der Waals surface area contributed by atoms with Crippen molar-refractivity contribution in [2.24, 2.45) is 11.8 Å². The first kappa shape index (κ1) is 22.8. The molecule has 0 spiro atoms. The van der Waals surface area contributed by atoms with Gasteiger partial charge in [0, 0.05) is 24.2 Å². The molecule has 0 aromatic heterocycles. The third-order valence-electron chi connectivity index (χ3n) is 7.57. The van der Waals surface area contributed by atoms with Gasteiger partial charge in [-0.05, 0) is 83.8 Å². The van der Waals surface area contributed by atoms with Gasteiger partial charge in [0.05, 0.1) is 5.37 Å². The third-order valence-corrected chi connectivity index (χ3v) is 9.03. The maximum atomic E-state index is 12.8. The topological polar surface area (TPSA) is 89.2 Å². The number of carbonyl (C=O) groups excluding carboxylic acids is 1. The monoisotopic (exact) mass is 438 g/mol. The number of piperidine rings is 1. The highest BCUT2D eigenvalue weighted by Gasteiger charge is 2.37. The predicted octanol–water partition coefficient (Wildman–Crippen LogP) is 0.924. The summed E-state index contributed by atoms with van der Waals surface area (Å²) in [5.74, 6) is 1.57. The lowest BCUT2D eigenvalue weighted by atomic mass is 9.82. The molecule has 8 heteroatoms. The summed E-state index contributed by atoms with van der Waals surface area (Å²) in [6, 6.07) is 1.52. The quantitative estimate of drug-likeness (QED) is 0.381. The first-order chi connectivity index (χ1) is 14.5. The van der Waals surface area contributed by atoms with Crippen LogP contribution in [0.3, 0.4) is 0 Å². The van der Waals surface area contributed by atoms with Crippen LogP contribution in [0.1, 0.15) is 59.3 Å². The Bertz CT molecular complexity index is 574. The summed E-state index contributed by atoms with van der Waals surface area (Å²) >= 11 is 1.75. The Morgan fingerprint density at radius 3 is 2.63 bits per heavy atom. The third kappa shape index (κ3) is 5.70. The molecule has 30 heavy (non-hydrogen) atoms. The van der Waals surface area contributed by atoms with E-state index >= 15 is 0 Å². The van der Waals surface area contributed by atoms with E-state index in [2.05, 4.69) is 52.7 Å². The second kappa shape index (κ2) is 10.5. The van der Waals surface area contributed by atoms with Crippen molar-refractivity contribution in [3.05, 3.63) is 0 Å². The fraction of sp³-hybridized carbons (Fsp3) is 0.955. The molecule has 9 unspecified atom stereocenters. The largest absolute Gasteiger partial charge is 0.352 e. The van der Waals surface area contributed by atoms with Crippen LogP contribution >= 0.6 is 11.8 Å². The second-order valence-electron chi connectivity index (χ2n) is 9.98. The molecule has 3 saturated heterocycles. The minimum absolute atomic E-state index is 0.0253. The lowest BCUT2D eigenvalue weighted by Gasteiger charge is -2.42. The van der Waals surface area contributed by atoms with E-state index in [4.69, 9.17) is 0 Å². The normalized spacial score (nSPS) is 45.2. The van der Waals surface area contributed by atoms with Crippen LogP contribution in [0.4, 0.5) is 0 Å². The molecule has 6 N–H and O–H groups in total. The fourth-order valence-corrected chi connectivity index (χ4v) is 6.99. The van der Waals surface area contributed by atoms with Crippen molar-refractivity contribution in [2.45, 2.75) is 100 Å². The summed E-state index contributed by atoms with van der Waals surface area (Å²) < 4.78 is 0. The number of rotatable bonds is 5. The van der Waals surface area contributed by atoms with Crippen molar-refractivity contribution >= 4 is 17.7 Å². The summed E-state index contributed by atoms with van der Waals surface area (Å²) in [7, 11) is 0. The minimum Gasteiger partial charge on any atom is -0.352 e. The number of hydrogen-bond acceptors (Lipinski definition) is 7. The molecule has 4 aliphatic rings. The van der Waals surface area contributed by atoms with Gasteiger partial charge in [-0.25, -0.2) is 0 Å². The molecule has 9 atom stereocenters. The van der Waals surface area contributed by atoms with Gasteiger partial charge in [0.15, 0.2) is 0 Å². The van der Waals surface area contributed by atoms with Gasteiger partial charge in [-0.15, -0.1) is 11.8 Å². The van der Waals surface area contributed by atoms with Gasteiger partial charge in [0.25, 0.3) is 0 Å². The van der Waals surface area contributed by atoms with E-state index in [1.807, 2.05) is 0 Å². The summed E-state index contributed by atoms with van der Waals surface area (Å²) in [5.41, 5.74) is 0. The molecule has 0 bridgehead atoms. The van der Waals surface area contributed by atoms with Crippen molar-refractivity contribution in [3.63, 3.8) is 0 Å². The smallest absolute Gasteiger partial charge is 0.234 e. The molecule has 0 aromatic carbocycles. The van der Waals surface area contributed by atoms with Crippen LogP contribution < -0.4 is 31.9 Å². The van der Waals surface area contributed by atoms with Crippen LogP contribution in [-0.2, 0) is 4.79 Å². The van der Waals surface area contributed by atoms with Crippen molar-refractivity contribution in [1.29, 1.82) is 0 Å². The predicted molar refractivity (Wildman–Crippen MR) is 124 cm³/mol. The molecule has 7 nitrogen and oxygen atoms in total. The number of amides is 1. The van der Waals surface area contributed by atoms with E-state index in [0.717, 1.165) is 38.3 Å². The molecular formula is C22H42N6OS. The summed E-state index contributed by atoms with van der Waals surface area (Å²) in [5, 5.41) is 22.1. The number of thioether (sulfide) groups is 1. The van der Waals surface area contributed by atoms with E-state index in [-0.39, 0.29) is 29.5 Å². The lowest BCUT2D eigenvalue weighted by molar-refractivity contribution is -0.121. The molecular weight excluding hydrogens is 396 g/mol. The zero-order chi connectivity index (χ0) is 21.1. The first-order valence-corrected chi connectivity index (χ1v) is 13.1. The van der Waals surface area contributed by atoms with Crippen LogP contribution in [0, 0.1) is 11.8 Å². The zero-order valence-corrected chi connectivity index (χ0v) is 19.7. The molecule has 1 saturated carbocycles. The minimum atomic E-state index is 0.0253. The van der Waals surface area contributed by atoms with Gasteiger partial charge in [-0.3, -0.25) is 20.7 Å². The zero-order valence-electron chi connectivity index (χ0n) is 18.9. The van der Waals surface area contributed by atoms with Crippen molar-refractivity contribution in [2.75, 3.05) is 19.6 Å². The molecule has 1 amide bonds. The van der Waals surface area contributed by atoms with Gasteiger partial charge in [0.1, 0.15) is 11.5 Å². The lowest BCUT2D eigenvalue weighted by Crippen LogP contribution is -2.66. The van der Waals surface area contributed by atoms with Crippen LogP contribution in [0.25, 0.3) is 0 Å². The average Bonchev–Trinajstić information content (AvgIpc) is 3.09. The van der Waals surface area contributed by atoms with E-state index < -0.39 is 0 Å². The summed E-state index contributed by atoms with van der Waals surface area (Å²) in [4.78, 5) is 12.8. The van der Waals surface area contributed by atoms with Crippen LogP contribution in [0.2, 0.25) is 0 Å². The first-order valence-electron chi connectivity index (χ1n) is 12.2. The maximum Gasteiger partial charge on any atom is 0.234 e. The van der Waals surface area contributed by atoms with Gasteiger partial charge < -0.3 is 16.0 Å². The van der Waals surface area contributed by atoms with E-state index in [0.29, 0.717) is 23.4 Å². The summed E-state index contributed by atoms with van der Waals surface area (Å²) in [6.45, 7) is 9.98. The molecule has 1 aliphatic carbocycles. The van der Waals surface area contributed by atoms with Crippen LogP contribution in [0.15, 0.2) is 0 Å².